The van der Waals surface area contributed by atoms with E-state index in [2.05, 4.69) is 53.7 Å². The molecule has 1 atom stereocenters. The molecule has 2 N–H and O–H groups in total. The van der Waals surface area contributed by atoms with Crippen molar-refractivity contribution in [3.8, 4) is 11.5 Å². The number of aromatic nitrogens is 3. The molecule has 4 nitrogen and oxygen atoms in total. The second-order valence-corrected chi connectivity index (χ2v) is 6.04. The molecule has 2 heterocycles. The molecule has 0 saturated carbocycles. The van der Waals surface area contributed by atoms with Crippen LogP contribution in [0, 0.1) is 0 Å². The van der Waals surface area contributed by atoms with Crippen LogP contribution < -0.4 is 5.73 Å². The van der Waals surface area contributed by atoms with Crippen LogP contribution in [0.5, 0.6) is 0 Å². The van der Waals surface area contributed by atoms with E-state index in [1.54, 1.807) is 6.20 Å². The van der Waals surface area contributed by atoms with E-state index in [0.717, 1.165) is 33.0 Å². The van der Waals surface area contributed by atoms with Crippen molar-refractivity contribution >= 4 is 31.9 Å². The maximum absolute atomic E-state index is 5.91. The molecule has 0 aliphatic heterocycles. The third-order valence-electron chi connectivity index (χ3n) is 2.75. The van der Waals surface area contributed by atoms with Crippen LogP contribution in [0.2, 0.25) is 0 Å². The number of halogens is 2. The average molecular weight is 386 g/mol. The lowest BCUT2D eigenvalue weighted by Crippen LogP contribution is -2.21. The second kappa shape index (κ2) is 6.54. The number of hydrogen-bond donors (Lipinski definition) is 1. The van der Waals surface area contributed by atoms with Crippen molar-refractivity contribution in [2.24, 2.45) is 5.73 Å². The first kappa shape index (κ1) is 14.6. The SMILES string of the molecule is CCC(N)Cc1cnc(-c2ncc(Br)cc2Br)nc1. The molecule has 0 fully saturated rings. The molecule has 100 valence electrons. The third kappa shape index (κ3) is 3.81. The molecule has 19 heavy (non-hydrogen) atoms. The Balaban J connectivity index is 2.22. The minimum Gasteiger partial charge on any atom is -0.327 e. The predicted octanol–water partition coefficient (Wildman–Crippen LogP) is 3.34. The molecule has 0 spiro atoms. The summed E-state index contributed by atoms with van der Waals surface area (Å²) in [6.07, 6.45) is 7.10. The van der Waals surface area contributed by atoms with Gasteiger partial charge in [-0.15, -0.1) is 0 Å². The Kier molecular flexibility index (Phi) is 5.01. The Labute approximate surface area is 129 Å². The van der Waals surface area contributed by atoms with Crippen LogP contribution in [0.1, 0.15) is 18.9 Å². The van der Waals surface area contributed by atoms with Crippen molar-refractivity contribution < 1.29 is 0 Å². The molecule has 0 bridgehead atoms. The zero-order valence-corrected chi connectivity index (χ0v) is 13.6. The van der Waals surface area contributed by atoms with E-state index in [-0.39, 0.29) is 6.04 Å². The highest BCUT2D eigenvalue weighted by Crippen LogP contribution is 2.25. The smallest absolute Gasteiger partial charge is 0.179 e. The molecule has 1 unspecified atom stereocenters. The summed E-state index contributed by atoms with van der Waals surface area (Å²) in [4.78, 5) is 13.0. The molecular formula is C13H14Br2N4. The second-order valence-electron chi connectivity index (χ2n) is 4.27. The van der Waals surface area contributed by atoms with Gasteiger partial charge in [-0.3, -0.25) is 4.98 Å². The van der Waals surface area contributed by atoms with Crippen LogP contribution in [-0.4, -0.2) is 21.0 Å². The van der Waals surface area contributed by atoms with Gasteiger partial charge in [0.1, 0.15) is 5.69 Å². The molecule has 2 rings (SSSR count). The molecule has 0 saturated heterocycles. The van der Waals surface area contributed by atoms with E-state index in [1.165, 1.54) is 0 Å². The molecule has 2 aromatic rings. The van der Waals surface area contributed by atoms with Crippen molar-refractivity contribution in [3.63, 3.8) is 0 Å². The lowest BCUT2D eigenvalue weighted by Gasteiger charge is -2.08. The van der Waals surface area contributed by atoms with Gasteiger partial charge in [-0.2, -0.15) is 0 Å². The molecule has 0 aliphatic rings. The topological polar surface area (TPSA) is 64.7 Å². The van der Waals surface area contributed by atoms with Gasteiger partial charge >= 0.3 is 0 Å². The van der Waals surface area contributed by atoms with E-state index >= 15 is 0 Å². The Hall–Kier alpha value is -0.850. The highest BCUT2D eigenvalue weighted by Gasteiger charge is 2.09. The first-order valence-electron chi connectivity index (χ1n) is 5.98. The van der Waals surface area contributed by atoms with Gasteiger partial charge in [0, 0.05) is 33.6 Å². The standard InChI is InChI=1S/C13H14Br2N4/c1-2-10(16)3-8-5-18-13(19-6-8)12-11(15)4-9(14)7-17-12/h4-7,10H,2-3,16H2,1H3. The summed E-state index contributed by atoms with van der Waals surface area (Å²) in [5.41, 5.74) is 7.69. The molecule has 2 aromatic heterocycles. The van der Waals surface area contributed by atoms with Gasteiger partial charge in [-0.25, -0.2) is 9.97 Å². The van der Waals surface area contributed by atoms with Gasteiger partial charge in [-0.1, -0.05) is 6.92 Å². The molecular weight excluding hydrogens is 372 g/mol. The Morgan fingerprint density at radius 1 is 1.16 bits per heavy atom. The van der Waals surface area contributed by atoms with E-state index in [9.17, 15) is 0 Å². The fourth-order valence-electron chi connectivity index (χ4n) is 1.61. The number of rotatable bonds is 4. The molecule has 0 aromatic carbocycles. The highest BCUT2D eigenvalue weighted by atomic mass is 79.9. The van der Waals surface area contributed by atoms with Crippen LogP contribution in [-0.2, 0) is 6.42 Å². The number of nitrogens with zero attached hydrogens (tertiary/aromatic N) is 3. The van der Waals surface area contributed by atoms with Crippen LogP contribution in [0.4, 0.5) is 0 Å². The summed E-state index contributed by atoms with van der Waals surface area (Å²) in [5, 5.41) is 0. The van der Waals surface area contributed by atoms with Gasteiger partial charge in [0.15, 0.2) is 5.82 Å². The third-order valence-corrected chi connectivity index (χ3v) is 3.79. The summed E-state index contributed by atoms with van der Waals surface area (Å²) in [5.74, 6) is 0.605. The lowest BCUT2D eigenvalue weighted by molar-refractivity contribution is 0.643. The molecule has 6 heteroatoms. The quantitative estimate of drug-likeness (QED) is 0.876. The number of pyridine rings is 1. The molecule has 0 amide bonds. The zero-order chi connectivity index (χ0) is 13.8. The largest absolute Gasteiger partial charge is 0.327 e. The first-order valence-corrected chi connectivity index (χ1v) is 7.56. The minimum absolute atomic E-state index is 0.159. The van der Waals surface area contributed by atoms with E-state index in [0.29, 0.717) is 5.82 Å². The predicted molar refractivity (Wildman–Crippen MR) is 82.6 cm³/mol. The van der Waals surface area contributed by atoms with E-state index in [4.69, 9.17) is 5.73 Å². The van der Waals surface area contributed by atoms with Gasteiger partial charge < -0.3 is 5.73 Å². The van der Waals surface area contributed by atoms with Gasteiger partial charge in [-0.05, 0) is 56.3 Å². The highest BCUT2D eigenvalue weighted by molar-refractivity contribution is 9.11. The minimum atomic E-state index is 0.159. The summed E-state index contributed by atoms with van der Waals surface area (Å²) in [7, 11) is 0. The van der Waals surface area contributed by atoms with Crippen molar-refractivity contribution in [1.29, 1.82) is 0 Å². The number of nitrogens with two attached hydrogens (primary N) is 1. The maximum Gasteiger partial charge on any atom is 0.179 e. The summed E-state index contributed by atoms with van der Waals surface area (Å²) in [6, 6.07) is 2.08. The van der Waals surface area contributed by atoms with Crippen molar-refractivity contribution in [2.45, 2.75) is 25.8 Å². The first-order chi connectivity index (χ1) is 9.10. The van der Waals surface area contributed by atoms with Crippen LogP contribution >= 0.6 is 31.9 Å². The normalized spacial score (nSPS) is 12.4. The average Bonchev–Trinajstić information content (AvgIpc) is 2.40. The summed E-state index contributed by atoms with van der Waals surface area (Å²) >= 11 is 6.83. The van der Waals surface area contributed by atoms with Crippen LogP contribution in [0.15, 0.2) is 33.6 Å². The Morgan fingerprint density at radius 2 is 1.84 bits per heavy atom. The molecule has 0 radical (unpaired) electrons. The summed E-state index contributed by atoms with van der Waals surface area (Å²) < 4.78 is 1.77. The Morgan fingerprint density at radius 3 is 2.42 bits per heavy atom. The monoisotopic (exact) mass is 384 g/mol. The van der Waals surface area contributed by atoms with Crippen molar-refractivity contribution in [2.75, 3.05) is 0 Å². The van der Waals surface area contributed by atoms with E-state index < -0.39 is 0 Å². The van der Waals surface area contributed by atoms with Crippen molar-refractivity contribution in [1.82, 2.24) is 15.0 Å². The summed E-state index contributed by atoms with van der Waals surface area (Å²) in [6.45, 7) is 2.07. The fourth-order valence-corrected chi connectivity index (χ4v) is 2.77. The maximum atomic E-state index is 5.91. The Bertz CT molecular complexity index is 557. The number of hydrogen-bond acceptors (Lipinski definition) is 4. The van der Waals surface area contributed by atoms with Gasteiger partial charge in [0.05, 0.1) is 0 Å². The van der Waals surface area contributed by atoms with Crippen LogP contribution in [0.25, 0.3) is 11.5 Å². The van der Waals surface area contributed by atoms with Gasteiger partial charge in [0.25, 0.3) is 0 Å². The molecule has 0 aliphatic carbocycles. The zero-order valence-electron chi connectivity index (χ0n) is 10.5. The van der Waals surface area contributed by atoms with Crippen LogP contribution in [0.3, 0.4) is 0 Å². The van der Waals surface area contributed by atoms with Gasteiger partial charge in [0.2, 0.25) is 0 Å². The van der Waals surface area contributed by atoms with E-state index in [1.807, 2.05) is 18.5 Å². The fraction of sp³-hybridized carbons (Fsp3) is 0.308. The lowest BCUT2D eigenvalue weighted by atomic mass is 10.1. The van der Waals surface area contributed by atoms with Crippen molar-refractivity contribution in [3.05, 3.63) is 39.2 Å².